The SMILES string of the molecule is CC1CCN(C(=O)[C@@H](N)Cc2ccccc2)C1.Cl. The van der Waals surface area contributed by atoms with Crippen LogP contribution in [0.25, 0.3) is 0 Å². The maximum absolute atomic E-state index is 12.1. The minimum absolute atomic E-state index is 0. The van der Waals surface area contributed by atoms with Crippen LogP contribution in [0.2, 0.25) is 0 Å². The van der Waals surface area contributed by atoms with Gasteiger partial charge in [0.2, 0.25) is 5.91 Å². The Balaban J connectivity index is 0.00000162. The number of amides is 1. The average Bonchev–Trinajstić information content (AvgIpc) is 2.76. The molecule has 1 aromatic carbocycles. The van der Waals surface area contributed by atoms with E-state index < -0.39 is 6.04 Å². The van der Waals surface area contributed by atoms with Gasteiger partial charge >= 0.3 is 0 Å². The second-order valence-corrected chi connectivity index (χ2v) is 4.97. The van der Waals surface area contributed by atoms with Gasteiger partial charge in [0.1, 0.15) is 0 Å². The Kier molecular flexibility index (Phi) is 5.63. The summed E-state index contributed by atoms with van der Waals surface area (Å²) in [5.74, 6) is 0.709. The first-order valence-electron chi connectivity index (χ1n) is 6.25. The van der Waals surface area contributed by atoms with Crippen LogP contribution in [-0.4, -0.2) is 29.9 Å². The van der Waals surface area contributed by atoms with Gasteiger partial charge in [-0.25, -0.2) is 0 Å². The van der Waals surface area contributed by atoms with E-state index in [0.717, 1.165) is 25.1 Å². The molecule has 100 valence electrons. The van der Waals surface area contributed by atoms with Gasteiger partial charge in [0.25, 0.3) is 0 Å². The number of benzene rings is 1. The average molecular weight is 269 g/mol. The second kappa shape index (κ2) is 6.76. The zero-order chi connectivity index (χ0) is 12.3. The van der Waals surface area contributed by atoms with Crippen molar-refractivity contribution in [2.75, 3.05) is 13.1 Å². The Morgan fingerprint density at radius 2 is 2.11 bits per heavy atom. The standard InChI is InChI=1S/C14H20N2O.ClH/c1-11-7-8-16(10-11)14(17)13(15)9-12-5-3-2-4-6-12;/h2-6,11,13H,7-10,15H2,1H3;1H/t11?,13-;/m0./s1. The van der Waals surface area contributed by atoms with Gasteiger partial charge in [-0.05, 0) is 24.3 Å². The fourth-order valence-electron chi connectivity index (χ4n) is 2.33. The van der Waals surface area contributed by atoms with E-state index in [2.05, 4.69) is 6.92 Å². The Bertz CT molecular complexity index is 383. The number of nitrogens with two attached hydrogens (primary N) is 1. The number of rotatable bonds is 3. The highest BCUT2D eigenvalue weighted by Gasteiger charge is 2.26. The number of hydrogen-bond acceptors (Lipinski definition) is 2. The van der Waals surface area contributed by atoms with Crippen molar-refractivity contribution in [1.29, 1.82) is 0 Å². The number of carbonyl (C=O) groups is 1. The molecule has 1 aliphatic rings. The summed E-state index contributed by atoms with van der Waals surface area (Å²) in [5, 5.41) is 0. The summed E-state index contributed by atoms with van der Waals surface area (Å²) >= 11 is 0. The molecule has 1 unspecified atom stereocenters. The minimum atomic E-state index is -0.400. The molecule has 1 fully saturated rings. The third-order valence-corrected chi connectivity index (χ3v) is 3.35. The maximum Gasteiger partial charge on any atom is 0.239 e. The molecular weight excluding hydrogens is 248 g/mol. The molecule has 1 saturated heterocycles. The Hall–Kier alpha value is -1.06. The van der Waals surface area contributed by atoms with Crippen molar-refractivity contribution in [1.82, 2.24) is 4.90 Å². The Labute approximate surface area is 115 Å². The van der Waals surface area contributed by atoms with Gasteiger partial charge in [0, 0.05) is 13.1 Å². The van der Waals surface area contributed by atoms with Crippen LogP contribution in [0.3, 0.4) is 0 Å². The maximum atomic E-state index is 12.1. The predicted molar refractivity (Wildman–Crippen MR) is 75.7 cm³/mol. The molecule has 18 heavy (non-hydrogen) atoms. The second-order valence-electron chi connectivity index (χ2n) is 4.97. The highest BCUT2D eigenvalue weighted by molar-refractivity contribution is 5.85. The summed E-state index contributed by atoms with van der Waals surface area (Å²) < 4.78 is 0. The van der Waals surface area contributed by atoms with Crippen LogP contribution in [-0.2, 0) is 11.2 Å². The van der Waals surface area contributed by atoms with Crippen LogP contribution in [0.5, 0.6) is 0 Å². The van der Waals surface area contributed by atoms with E-state index in [-0.39, 0.29) is 18.3 Å². The smallest absolute Gasteiger partial charge is 0.239 e. The number of hydrogen-bond donors (Lipinski definition) is 1. The van der Waals surface area contributed by atoms with Crippen molar-refractivity contribution >= 4 is 18.3 Å². The normalized spacial score (nSPS) is 20.3. The lowest BCUT2D eigenvalue weighted by Gasteiger charge is -2.20. The van der Waals surface area contributed by atoms with E-state index in [4.69, 9.17) is 5.73 Å². The van der Waals surface area contributed by atoms with E-state index in [9.17, 15) is 4.79 Å². The lowest BCUT2D eigenvalue weighted by molar-refractivity contribution is -0.131. The summed E-state index contributed by atoms with van der Waals surface area (Å²) in [4.78, 5) is 14.0. The van der Waals surface area contributed by atoms with Gasteiger partial charge in [0.15, 0.2) is 0 Å². The van der Waals surface area contributed by atoms with E-state index in [0.29, 0.717) is 12.3 Å². The van der Waals surface area contributed by atoms with Gasteiger partial charge in [0.05, 0.1) is 6.04 Å². The van der Waals surface area contributed by atoms with E-state index in [1.807, 2.05) is 35.2 Å². The summed E-state index contributed by atoms with van der Waals surface area (Å²) in [7, 11) is 0. The quantitative estimate of drug-likeness (QED) is 0.909. The number of likely N-dealkylation sites (tertiary alicyclic amines) is 1. The molecule has 0 aromatic heterocycles. The summed E-state index contributed by atoms with van der Waals surface area (Å²) in [6.45, 7) is 3.90. The van der Waals surface area contributed by atoms with Crippen LogP contribution in [0.15, 0.2) is 30.3 Å². The first kappa shape index (κ1) is 15.0. The van der Waals surface area contributed by atoms with Crippen LogP contribution in [0.4, 0.5) is 0 Å². The van der Waals surface area contributed by atoms with Gasteiger partial charge in [-0.3, -0.25) is 4.79 Å². The summed E-state index contributed by atoms with van der Waals surface area (Å²) in [6.07, 6.45) is 1.73. The van der Waals surface area contributed by atoms with Crippen molar-refractivity contribution in [2.45, 2.75) is 25.8 Å². The molecule has 0 radical (unpaired) electrons. The summed E-state index contributed by atoms with van der Waals surface area (Å²) in [5.41, 5.74) is 7.11. The van der Waals surface area contributed by atoms with Crippen LogP contribution < -0.4 is 5.73 Å². The van der Waals surface area contributed by atoms with Crippen molar-refractivity contribution in [3.05, 3.63) is 35.9 Å². The molecule has 0 spiro atoms. The molecule has 1 heterocycles. The van der Waals surface area contributed by atoms with Crippen LogP contribution in [0, 0.1) is 5.92 Å². The van der Waals surface area contributed by atoms with Gasteiger partial charge in [-0.1, -0.05) is 37.3 Å². The predicted octanol–water partition coefficient (Wildman–Crippen LogP) is 1.85. The van der Waals surface area contributed by atoms with Crippen LogP contribution >= 0.6 is 12.4 Å². The van der Waals surface area contributed by atoms with Crippen LogP contribution in [0.1, 0.15) is 18.9 Å². The zero-order valence-corrected chi connectivity index (χ0v) is 11.5. The van der Waals surface area contributed by atoms with Gasteiger partial charge in [-0.15, -0.1) is 12.4 Å². The van der Waals surface area contributed by atoms with Crippen molar-refractivity contribution < 1.29 is 4.79 Å². The third kappa shape index (κ3) is 3.72. The third-order valence-electron chi connectivity index (χ3n) is 3.35. The molecule has 0 aliphatic carbocycles. The zero-order valence-electron chi connectivity index (χ0n) is 10.7. The molecule has 3 nitrogen and oxygen atoms in total. The summed E-state index contributed by atoms with van der Waals surface area (Å²) in [6, 6.07) is 9.55. The van der Waals surface area contributed by atoms with E-state index in [1.54, 1.807) is 0 Å². The Morgan fingerprint density at radius 1 is 1.44 bits per heavy atom. The van der Waals surface area contributed by atoms with Crippen molar-refractivity contribution in [2.24, 2.45) is 11.7 Å². The molecule has 0 saturated carbocycles. The van der Waals surface area contributed by atoms with Crippen molar-refractivity contribution in [3.63, 3.8) is 0 Å². The molecule has 0 bridgehead atoms. The monoisotopic (exact) mass is 268 g/mol. The molecular formula is C14H21ClN2O. The Morgan fingerprint density at radius 3 is 2.67 bits per heavy atom. The largest absolute Gasteiger partial charge is 0.341 e. The minimum Gasteiger partial charge on any atom is -0.341 e. The highest BCUT2D eigenvalue weighted by Crippen LogP contribution is 2.16. The lowest BCUT2D eigenvalue weighted by Crippen LogP contribution is -2.43. The van der Waals surface area contributed by atoms with Gasteiger partial charge in [-0.2, -0.15) is 0 Å². The first-order chi connectivity index (χ1) is 8.16. The highest BCUT2D eigenvalue weighted by atomic mass is 35.5. The number of halogens is 1. The lowest BCUT2D eigenvalue weighted by atomic mass is 10.1. The fraction of sp³-hybridized carbons (Fsp3) is 0.500. The molecule has 4 heteroatoms. The molecule has 2 N–H and O–H groups in total. The molecule has 1 amide bonds. The molecule has 1 aliphatic heterocycles. The number of carbonyl (C=O) groups excluding carboxylic acids is 1. The molecule has 1 aromatic rings. The molecule has 2 atom stereocenters. The van der Waals surface area contributed by atoms with E-state index >= 15 is 0 Å². The molecule has 2 rings (SSSR count). The first-order valence-corrected chi connectivity index (χ1v) is 6.25. The van der Waals surface area contributed by atoms with Crippen molar-refractivity contribution in [3.8, 4) is 0 Å². The topological polar surface area (TPSA) is 46.3 Å². The van der Waals surface area contributed by atoms with E-state index in [1.165, 1.54) is 0 Å². The number of nitrogens with zero attached hydrogens (tertiary/aromatic N) is 1. The fourth-order valence-corrected chi connectivity index (χ4v) is 2.33. The van der Waals surface area contributed by atoms with Gasteiger partial charge < -0.3 is 10.6 Å².